The maximum atomic E-state index is 12.6. The molecular weight excluding hydrogens is 374 g/mol. The first kappa shape index (κ1) is 20.1. The molecule has 2 N–H and O–H groups in total. The van der Waals surface area contributed by atoms with Crippen molar-refractivity contribution in [2.24, 2.45) is 0 Å². The van der Waals surface area contributed by atoms with Gasteiger partial charge in [0.15, 0.2) is 5.82 Å². The van der Waals surface area contributed by atoms with Crippen LogP contribution in [0.3, 0.4) is 0 Å². The number of benzene rings is 1. The second-order valence-corrected chi connectivity index (χ2v) is 8.75. The van der Waals surface area contributed by atoms with Crippen molar-refractivity contribution in [1.29, 1.82) is 0 Å². The number of nitrogens with zero attached hydrogens (tertiary/aromatic N) is 3. The molecule has 0 atom stereocenters. The van der Waals surface area contributed by atoms with Gasteiger partial charge in [0.05, 0.1) is 12.2 Å². The van der Waals surface area contributed by atoms with Crippen LogP contribution in [0.4, 0.5) is 0 Å². The van der Waals surface area contributed by atoms with Gasteiger partial charge in [0.25, 0.3) is 11.3 Å². The third-order valence-electron chi connectivity index (χ3n) is 5.50. The van der Waals surface area contributed by atoms with Gasteiger partial charge >= 0.3 is 0 Å². The average Bonchev–Trinajstić information content (AvgIpc) is 3.17. The standard InChI is InChI=1S/C24H29N5O/c1-5-16-8-6-7-9-20(16)25-15-19-14-21(30)29-23(26-19)27-22(28-29)17-10-12-18(13-11-17)24(2,3)4/h8-14,25H,5-7,15H2,1-4H3,(H,26,27,28). The summed E-state index contributed by atoms with van der Waals surface area (Å²) in [6.45, 7) is 9.21. The number of hydrogen-bond acceptors (Lipinski definition) is 4. The summed E-state index contributed by atoms with van der Waals surface area (Å²) in [5.41, 5.74) is 5.26. The highest BCUT2D eigenvalue weighted by Crippen LogP contribution is 2.25. The predicted octanol–water partition coefficient (Wildman–Crippen LogP) is 4.49. The van der Waals surface area contributed by atoms with Gasteiger partial charge < -0.3 is 5.32 Å². The normalized spacial score (nSPS) is 14.5. The molecule has 1 aromatic carbocycles. The zero-order chi connectivity index (χ0) is 21.3. The minimum absolute atomic E-state index is 0.0907. The molecule has 0 aliphatic heterocycles. The van der Waals surface area contributed by atoms with Crippen molar-refractivity contribution in [3.05, 3.63) is 75.4 Å². The van der Waals surface area contributed by atoms with Crippen LogP contribution in [0.5, 0.6) is 0 Å². The van der Waals surface area contributed by atoms with Crippen LogP contribution in [0, 0.1) is 0 Å². The van der Waals surface area contributed by atoms with E-state index in [1.54, 1.807) is 6.07 Å². The van der Waals surface area contributed by atoms with Crippen LogP contribution in [0.15, 0.2) is 58.5 Å². The topological polar surface area (TPSA) is 75.1 Å². The first-order chi connectivity index (χ1) is 14.3. The molecular formula is C24H29N5O. The number of hydrogen-bond donors (Lipinski definition) is 2. The summed E-state index contributed by atoms with van der Waals surface area (Å²) >= 11 is 0. The van der Waals surface area contributed by atoms with Crippen LogP contribution in [-0.2, 0) is 12.0 Å². The lowest BCUT2D eigenvalue weighted by atomic mass is 9.87. The minimum atomic E-state index is -0.161. The van der Waals surface area contributed by atoms with Crippen molar-refractivity contribution < 1.29 is 0 Å². The first-order valence-corrected chi connectivity index (χ1v) is 10.6. The van der Waals surface area contributed by atoms with Crippen LogP contribution in [0.1, 0.15) is 58.2 Å². The molecule has 0 unspecified atom stereocenters. The number of rotatable bonds is 5. The van der Waals surface area contributed by atoms with E-state index >= 15 is 0 Å². The molecule has 0 spiro atoms. The van der Waals surface area contributed by atoms with Crippen LogP contribution in [-0.4, -0.2) is 19.6 Å². The van der Waals surface area contributed by atoms with Gasteiger partial charge in [-0.15, -0.1) is 0 Å². The van der Waals surface area contributed by atoms with E-state index in [0.29, 0.717) is 23.8 Å². The smallest absolute Gasteiger partial charge is 0.274 e. The maximum Gasteiger partial charge on any atom is 0.274 e. The largest absolute Gasteiger partial charge is 0.379 e. The summed E-state index contributed by atoms with van der Waals surface area (Å²) < 4.78 is 1.40. The number of H-pyrrole nitrogens is 1. The third-order valence-corrected chi connectivity index (χ3v) is 5.50. The van der Waals surface area contributed by atoms with Crippen LogP contribution >= 0.6 is 0 Å². The molecule has 156 valence electrons. The molecule has 3 aromatic rings. The van der Waals surface area contributed by atoms with Gasteiger partial charge in [0.2, 0.25) is 0 Å². The molecule has 2 heterocycles. The Hall–Kier alpha value is -3.15. The molecule has 6 nitrogen and oxygen atoms in total. The Kier molecular flexibility index (Phi) is 5.33. The van der Waals surface area contributed by atoms with Crippen LogP contribution < -0.4 is 10.9 Å². The Bertz CT molecular complexity index is 1170. The van der Waals surface area contributed by atoms with Gasteiger partial charge in [-0.3, -0.25) is 9.89 Å². The summed E-state index contributed by atoms with van der Waals surface area (Å²) in [5.74, 6) is 1.02. The number of aromatic amines is 1. The van der Waals surface area contributed by atoms with Crippen molar-refractivity contribution in [3.8, 4) is 11.4 Å². The molecule has 0 amide bonds. The molecule has 1 aliphatic carbocycles. The summed E-state index contributed by atoms with van der Waals surface area (Å²) in [5, 5.41) is 6.51. The molecule has 0 saturated carbocycles. The average molecular weight is 404 g/mol. The summed E-state index contributed by atoms with van der Waals surface area (Å²) in [6, 6.07) is 9.82. The molecule has 30 heavy (non-hydrogen) atoms. The van der Waals surface area contributed by atoms with Gasteiger partial charge in [0.1, 0.15) is 0 Å². The fourth-order valence-corrected chi connectivity index (χ4v) is 3.71. The Morgan fingerprint density at radius 1 is 1.10 bits per heavy atom. The lowest BCUT2D eigenvalue weighted by molar-refractivity contribution is 0.590. The van der Waals surface area contributed by atoms with Crippen molar-refractivity contribution in [3.63, 3.8) is 0 Å². The number of fused-ring (bicyclic) bond motifs is 1. The monoisotopic (exact) mass is 403 g/mol. The van der Waals surface area contributed by atoms with Gasteiger partial charge in [-0.2, -0.15) is 9.50 Å². The lowest BCUT2D eigenvalue weighted by Crippen LogP contribution is -2.21. The van der Waals surface area contributed by atoms with Gasteiger partial charge in [0, 0.05) is 17.3 Å². The highest BCUT2D eigenvalue weighted by molar-refractivity contribution is 5.57. The fraction of sp³-hybridized carbons (Fsp3) is 0.375. The SMILES string of the molecule is CCC1=CCCC=C1NCc1cc(=O)n2[nH]c(-c3ccc(C(C)(C)C)cc3)nc2n1. The van der Waals surface area contributed by atoms with Gasteiger partial charge in [-0.1, -0.05) is 64.1 Å². The fourth-order valence-electron chi connectivity index (χ4n) is 3.71. The van der Waals surface area contributed by atoms with Gasteiger partial charge in [-0.25, -0.2) is 4.98 Å². The quantitative estimate of drug-likeness (QED) is 0.658. The Labute approximate surface area is 176 Å². The molecule has 0 fully saturated rings. The maximum absolute atomic E-state index is 12.6. The molecule has 0 bridgehead atoms. The lowest BCUT2D eigenvalue weighted by Gasteiger charge is -2.18. The van der Waals surface area contributed by atoms with Crippen LogP contribution in [0.2, 0.25) is 0 Å². The van der Waals surface area contributed by atoms with E-state index in [9.17, 15) is 4.79 Å². The number of nitrogens with one attached hydrogen (secondary N) is 2. The van der Waals surface area contributed by atoms with E-state index in [4.69, 9.17) is 0 Å². The molecule has 0 radical (unpaired) electrons. The van der Waals surface area contributed by atoms with Crippen molar-refractivity contribution >= 4 is 5.78 Å². The van der Waals surface area contributed by atoms with Crippen molar-refractivity contribution in [2.45, 2.75) is 58.9 Å². The van der Waals surface area contributed by atoms with E-state index in [2.05, 4.69) is 72.4 Å². The Morgan fingerprint density at radius 3 is 2.53 bits per heavy atom. The molecule has 0 saturated heterocycles. The van der Waals surface area contributed by atoms with Crippen LogP contribution in [0.25, 0.3) is 17.2 Å². The molecule has 2 aromatic heterocycles. The Morgan fingerprint density at radius 2 is 1.83 bits per heavy atom. The van der Waals surface area contributed by atoms with Crippen molar-refractivity contribution in [2.75, 3.05) is 0 Å². The first-order valence-electron chi connectivity index (χ1n) is 10.6. The summed E-state index contributed by atoms with van der Waals surface area (Å²) in [7, 11) is 0. The van der Waals surface area contributed by atoms with Gasteiger partial charge in [-0.05, 0) is 35.8 Å². The van der Waals surface area contributed by atoms with E-state index in [1.165, 1.54) is 15.7 Å². The van der Waals surface area contributed by atoms with E-state index in [0.717, 1.165) is 30.5 Å². The van der Waals surface area contributed by atoms with Crippen molar-refractivity contribution in [1.82, 2.24) is 24.9 Å². The highest BCUT2D eigenvalue weighted by atomic mass is 16.1. The zero-order valence-electron chi connectivity index (χ0n) is 18.1. The summed E-state index contributed by atoms with van der Waals surface area (Å²) in [6.07, 6.45) is 7.62. The highest BCUT2D eigenvalue weighted by Gasteiger charge is 2.15. The van der Waals surface area contributed by atoms with E-state index < -0.39 is 0 Å². The predicted molar refractivity (Wildman–Crippen MR) is 120 cm³/mol. The number of allylic oxidation sites excluding steroid dienone is 3. The molecule has 1 aliphatic rings. The second-order valence-electron chi connectivity index (χ2n) is 8.75. The zero-order valence-corrected chi connectivity index (χ0v) is 18.1. The molecule has 6 heteroatoms. The van der Waals surface area contributed by atoms with E-state index in [-0.39, 0.29) is 11.0 Å². The number of aromatic nitrogens is 4. The Balaban J connectivity index is 1.58. The minimum Gasteiger partial charge on any atom is -0.379 e. The molecule has 4 rings (SSSR count). The third kappa shape index (κ3) is 4.08. The second kappa shape index (κ2) is 7.94. The summed E-state index contributed by atoms with van der Waals surface area (Å²) in [4.78, 5) is 21.7. The van der Waals surface area contributed by atoms with E-state index in [1.807, 2.05) is 12.1 Å².